The van der Waals surface area contributed by atoms with Crippen LogP contribution in [0.15, 0.2) is 0 Å². The number of nitrogens with two attached hydrogens (primary N) is 2. The predicted octanol–water partition coefficient (Wildman–Crippen LogP) is -1.20. The molecule has 7 heteroatoms. The third-order valence-electron chi connectivity index (χ3n) is 2.11. The van der Waals surface area contributed by atoms with Crippen LogP contribution in [-0.2, 0) is 14.4 Å². The summed E-state index contributed by atoms with van der Waals surface area (Å²) in [5.74, 6) is -6.43. The highest BCUT2D eigenvalue weighted by molar-refractivity contribution is 6.15. The van der Waals surface area contributed by atoms with Gasteiger partial charge in [-0.05, 0) is 19.4 Å². The molecule has 6 N–H and O–H groups in total. The monoisotopic (exact) mass is 232 g/mol. The molecule has 0 aliphatic heterocycles. The van der Waals surface area contributed by atoms with Crippen molar-refractivity contribution in [2.24, 2.45) is 17.4 Å². The van der Waals surface area contributed by atoms with Crippen molar-refractivity contribution in [1.82, 2.24) is 0 Å². The number of carbonyl (C=O) groups is 3. The second-order valence-electron chi connectivity index (χ2n) is 3.40. The minimum absolute atomic E-state index is 0.243. The molecule has 0 saturated carbocycles. The van der Waals surface area contributed by atoms with E-state index >= 15 is 0 Å². The average molecular weight is 232 g/mol. The Balaban J connectivity index is 4.38. The average Bonchev–Trinajstić information content (AvgIpc) is 2.16. The lowest BCUT2D eigenvalue weighted by atomic mass is 9.95. The molecule has 0 unspecified atom stereocenters. The zero-order valence-corrected chi connectivity index (χ0v) is 8.76. The number of unbranched alkanes of at least 4 members (excludes halogenated alkanes) is 1. The highest BCUT2D eigenvalue weighted by Crippen LogP contribution is 2.07. The lowest BCUT2D eigenvalue weighted by Gasteiger charge is -2.13. The third-order valence-corrected chi connectivity index (χ3v) is 2.11. The first kappa shape index (κ1) is 14.5. The van der Waals surface area contributed by atoms with Crippen molar-refractivity contribution in [2.75, 3.05) is 6.54 Å². The Bertz CT molecular complexity index is 265. The summed E-state index contributed by atoms with van der Waals surface area (Å²) in [6.45, 7) is 0.447. The molecule has 0 aliphatic rings. The van der Waals surface area contributed by atoms with Gasteiger partial charge in [0.15, 0.2) is 5.78 Å². The van der Waals surface area contributed by atoms with Gasteiger partial charge in [-0.2, -0.15) is 0 Å². The van der Waals surface area contributed by atoms with E-state index in [2.05, 4.69) is 0 Å². The van der Waals surface area contributed by atoms with Crippen LogP contribution in [0, 0.1) is 5.92 Å². The predicted molar refractivity (Wildman–Crippen MR) is 54.6 cm³/mol. The summed E-state index contributed by atoms with van der Waals surface area (Å²) in [5, 5.41) is 17.1. The topological polar surface area (TPSA) is 144 Å². The summed E-state index contributed by atoms with van der Waals surface area (Å²) in [5.41, 5.74) is 10.7. The van der Waals surface area contributed by atoms with Gasteiger partial charge in [-0.25, -0.2) is 0 Å². The minimum Gasteiger partial charge on any atom is -0.480 e. The summed E-state index contributed by atoms with van der Waals surface area (Å²) in [6.07, 6.45) is 1.47. The van der Waals surface area contributed by atoms with E-state index < -0.39 is 29.7 Å². The normalized spacial score (nSPS) is 12.4. The van der Waals surface area contributed by atoms with E-state index in [1.54, 1.807) is 0 Å². The van der Waals surface area contributed by atoms with Gasteiger partial charge in [0.2, 0.25) is 5.92 Å². The Morgan fingerprint density at radius 1 is 1.06 bits per heavy atom. The molecule has 0 fully saturated rings. The van der Waals surface area contributed by atoms with Crippen LogP contribution in [0.3, 0.4) is 0 Å². The molecule has 0 aromatic carbocycles. The van der Waals surface area contributed by atoms with Crippen molar-refractivity contribution >= 4 is 17.7 Å². The summed E-state index contributed by atoms with van der Waals surface area (Å²) < 4.78 is 0. The highest BCUT2D eigenvalue weighted by atomic mass is 16.4. The molecule has 0 amide bonds. The number of rotatable bonds is 8. The molecule has 0 radical (unpaired) electrons. The van der Waals surface area contributed by atoms with Crippen molar-refractivity contribution in [2.45, 2.75) is 25.3 Å². The Hall–Kier alpha value is -1.47. The van der Waals surface area contributed by atoms with Gasteiger partial charge in [0.25, 0.3) is 0 Å². The van der Waals surface area contributed by atoms with E-state index in [0.717, 1.165) is 0 Å². The maximum Gasteiger partial charge on any atom is 0.325 e. The van der Waals surface area contributed by atoms with Crippen molar-refractivity contribution < 1.29 is 24.6 Å². The molecular formula is C9H16N2O5. The van der Waals surface area contributed by atoms with Crippen LogP contribution < -0.4 is 11.5 Å². The van der Waals surface area contributed by atoms with E-state index in [0.29, 0.717) is 19.4 Å². The zero-order valence-electron chi connectivity index (χ0n) is 8.76. The number of carboxylic acids is 2. The summed E-state index contributed by atoms with van der Waals surface area (Å²) in [7, 11) is 0. The fourth-order valence-corrected chi connectivity index (χ4v) is 1.21. The highest BCUT2D eigenvalue weighted by Gasteiger charge is 2.36. The first-order valence-electron chi connectivity index (χ1n) is 4.86. The van der Waals surface area contributed by atoms with Crippen LogP contribution in [0.2, 0.25) is 0 Å². The van der Waals surface area contributed by atoms with Crippen LogP contribution in [0.4, 0.5) is 0 Å². The Kier molecular flexibility index (Phi) is 6.28. The summed E-state index contributed by atoms with van der Waals surface area (Å²) in [4.78, 5) is 32.5. The van der Waals surface area contributed by atoms with E-state index in [4.69, 9.17) is 21.7 Å². The molecule has 0 rings (SSSR count). The minimum atomic E-state index is -2.08. The van der Waals surface area contributed by atoms with Crippen molar-refractivity contribution in [3.05, 3.63) is 0 Å². The number of ketones is 1. The van der Waals surface area contributed by atoms with Gasteiger partial charge in [-0.1, -0.05) is 6.42 Å². The molecule has 0 aromatic heterocycles. The van der Waals surface area contributed by atoms with E-state index in [-0.39, 0.29) is 6.42 Å². The lowest BCUT2D eigenvalue weighted by molar-refractivity contribution is -0.158. The molecule has 0 aromatic rings. The van der Waals surface area contributed by atoms with Crippen molar-refractivity contribution in [3.63, 3.8) is 0 Å². The third kappa shape index (κ3) is 4.37. The molecular weight excluding hydrogens is 216 g/mol. The number of Topliss-reactive ketones (excluding diaryl/α,β-unsaturated/α-hetero) is 1. The number of carbonyl (C=O) groups excluding carboxylic acids is 1. The van der Waals surface area contributed by atoms with Gasteiger partial charge >= 0.3 is 11.9 Å². The first-order valence-corrected chi connectivity index (χ1v) is 4.86. The zero-order chi connectivity index (χ0) is 12.7. The molecule has 7 nitrogen and oxygen atoms in total. The maximum absolute atomic E-state index is 11.4. The van der Waals surface area contributed by atoms with Crippen LogP contribution in [0.25, 0.3) is 0 Å². The van der Waals surface area contributed by atoms with Crippen molar-refractivity contribution in [3.8, 4) is 0 Å². The standard InChI is InChI=1S/C9H16N2O5/c10-4-2-1-3-5(11)7(12)6(8(13)14)9(15)16/h5-6H,1-4,10-11H2,(H,13,14)(H,15,16)/t5-/m1/s1. The van der Waals surface area contributed by atoms with Gasteiger partial charge in [-0.3, -0.25) is 14.4 Å². The largest absolute Gasteiger partial charge is 0.480 e. The van der Waals surface area contributed by atoms with Crippen molar-refractivity contribution in [1.29, 1.82) is 0 Å². The molecule has 16 heavy (non-hydrogen) atoms. The first-order chi connectivity index (χ1) is 7.41. The van der Waals surface area contributed by atoms with Crippen LogP contribution >= 0.6 is 0 Å². The molecule has 0 bridgehead atoms. The molecule has 1 atom stereocenters. The maximum atomic E-state index is 11.4. The van der Waals surface area contributed by atoms with Gasteiger partial charge in [-0.15, -0.1) is 0 Å². The SMILES string of the molecule is NCCCC[C@@H](N)C(=O)C(C(=O)O)C(=O)O. The second kappa shape index (κ2) is 6.91. The fraction of sp³-hybridized carbons (Fsp3) is 0.667. The summed E-state index contributed by atoms with van der Waals surface area (Å²) in [6, 6.07) is -1.07. The second-order valence-corrected chi connectivity index (χ2v) is 3.40. The Labute approximate surface area is 92.4 Å². The van der Waals surface area contributed by atoms with Gasteiger partial charge in [0, 0.05) is 0 Å². The number of hydrogen-bond donors (Lipinski definition) is 4. The Morgan fingerprint density at radius 3 is 1.94 bits per heavy atom. The van der Waals surface area contributed by atoms with Gasteiger partial charge < -0.3 is 21.7 Å². The number of aliphatic carboxylic acids is 2. The smallest absolute Gasteiger partial charge is 0.325 e. The number of hydrogen-bond acceptors (Lipinski definition) is 5. The van der Waals surface area contributed by atoms with Gasteiger partial charge in [0.05, 0.1) is 6.04 Å². The summed E-state index contributed by atoms with van der Waals surface area (Å²) >= 11 is 0. The fourth-order valence-electron chi connectivity index (χ4n) is 1.21. The van der Waals surface area contributed by atoms with E-state index in [1.807, 2.05) is 0 Å². The van der Waals surface area contributed by atoms with Gasteiger partial charge in [0.1, 0.15) is 0 Å². The molecule has 0 aliphatic carbocycles. The molecule has 0 saturated heterocycles. The molecule has 0 heterocycles. The van der Waals surface area contributed by atoms with Crippen LogP contribution in [0.5, 0.6) is 0 Å². The van der Waals surface area contributed by atoms with E-state index in [1.165, 1.54) is 0 Å². The Morgan fingerprint density at radius 2 is 1.56 bits per heavy atom. The lowest BCUT2D eigenvalue weighted by Crippen LogP contribution is -2.42. The van der Waals surface area contributed by atoms with E-state index in [9.17, 15) is 14.4 Å². The molecule has 0 spiro atoms. The quantitative estimate of drug-likeness (QED) is 0.304. The van der Waals surface area contributed by atoms with Crippen LogP contribution in [0.1, 0.15) is 19.3 Å². The van der Waals surface area contributed by atoms with Crippen LogP contribution in [-0.4, -0.2) is 40.5 Å². The number of carboxylic acid groups (broad SMARTS) is 2. The molecule has 92 valence electrons.